The van der Waals surface area contributed by atoms with Crippen LogP contribution in [0.5, 0.6) is 0 Å². The summed E-state index contributed by atoms with van der Waals surface area (Å²) in [5.41, 5.74) is 7.83. The number of hydrogen-bond acceptors (Lipinski definition) is 4. The average molecular weight is 296 g/mol. The normalized spacial score (nSPS) is 23.6. The summed E-state index contributed by atoms with van der Waals surface area (Å²) >= 11 is 0. The maximum absolute atomic E-state index is 11.7. The first-order chi connectivity index (χ1) is 9.41. The molecule has 2 unspecified atom stereocenters. The van der Waals surface area contributed by atoms with Crippen LogP contribution in [0.4, 0.5) is 5.69 Å². The third-order valence-corrected chi connectivity index (χ3v) is 5.30. The minimum absolute atomic E-state index is 0.349. The molecule has 0 aromatic heterocycles. The molecule has 112 valence electrons. The van der Waals surface area contributed by atoms with Crippen molar-refractivity contribution >= 4 is 15.5 Å². The van der Waals surface area contributed by atoms with Crippen LogP contribution in [0.3, 0.4) is 0 Å². The Morgan fingerprint density at radius 2 is 2.00 bits per heavy atom. The molecule has 0 aliphatic heterocycles. The highest BCUT2D eigenvalue weighted by atomic mass is 32.2. The summed E-state index contributed by atoms with van der Waals surface area (Å²) in [6.45, 7) is 2.68. The van der Waals surface area contributed by atoms with E-state index in [2.05, 4.69) is 5.32 Å². The average Bonchev–Trinajstić information content (AvgIpc) is 2.40. The van der Waals surface area contributed by atoms with E-state index >= 15 is 0 Å². The summed E-state index contributed by atoms with van der Waals surface area (Å²) < 4.78 is 23.3. The minimum Gasteiger partial charge on any atom is -0.382 e. The largest absolute Gasteiger partial charge is 0.382 e. The Labute approximate surface area is 121 Å². The van der Waals surface area contributed by atoms with Crippen molar-refractivity contribution < 1.29 is 8.42 Å². The summed E-state index contributed by atoms with van der Waals surface area (Å²) in [5.74, 6) is 0.477. The molecule has 4 nitrogen and oxygen atoms in total. The maximum Gasteiger partial charge on any atom is 0.175 e. The van der Waals surface area contributed by atoms with E-state index in [1.54, 1.807) is 12.1 Å². The third-order valence-electron chi connectivity index (χ3n) is 4.19. The fourth-order valence-electron chi connectivity index (χ4n) is 2.87. The van der Waals surface area contributed by atoms with E-state index in [0.29, 0.717) is 23.4 Å². The van der Waals surface area contributed by atoms with Gasteiger partial charge in [0.25, 0.3) is 0 Å². The number of rotatable bonds is 4. The second-order valence-corrected chi connectivity index (χ2v) is 7.80. The van der Waals surface area contributed by atoms with Crippen molar-refractivity contribution in [2.24, 2.45) is 11.7 Å². The van der Waals surface area contributed by atoms with E-state index < -0.39 is 9.84 Å². The molecule has 20 heavy (non-hydrogen) atoms. The predicted molar refractivity (Wildman–Crippen MR) is 82.7 cm³/mol. The number of sulfone groups is 1. The molecular weight excluding hydrogens is 272 g/mol. The summed E-state index contributed by atoms with van der Waals surface area (Å²) in [6.07, 6.45) is 5.94. The van der Waals surface area contributed by atoms with Crippen molar-refractivity contribution in [2.45, 2.75) is 43.5 Å². The van der Waals surface area contributed by atoms with Crippen LogP contribution in [0.15, 0.2) is 23.1 Å². The highest BCUT2D eigenvalue weighted by Gasteiger charge is 2.24. The van der Waals surface area contributed by atoms with Gasteiger partial charge < -0.3 is 11.1 Å². The number of nitrogens with two attached hydrogens (primary N) is 1. The van der Waals surface area contributed by atoms with Crippen LogP contribution in [-0.4, -0.2) is 27.3 Å². The summed E-state index contributed by atoms with van der Waals surface area (Å²) in [6, 6.07) is 5.62. The SMILES string of the molecule is Cc1ccc(S(C)(=O)=O)cc1NC1CCCCC1CN. The van der Waals surface area contributed by atoms with E-state index in [4.69, 9.17) is 5.73 Å². The molecule has 0 heterocycles. The second kappa shape index (κ2) is 6.14. The monoisotopic (exact) mass is 296 g/mol. The lowest BCUT2D eigenvalue weighted by atomic mass is 9.84. The maximum atomic E-state index is 11.7. The smallest absolute Gasteiger partial charge is 0.175 e. The lowest BCUT2D eigenvalue weighted by Crippen LogP contribution is -2.36. The zero-order valence-electron chi connectivity index (χ0n) is 12.2. The zero-order valence-corrected chi connectivity index (χ0v) is 13.0. The Kier molecular flexibility index (Phi) is 4.70. The first-order valence-electron chi connectivity index (χ1n) is 7.19. The van der Waals surface area contributed by atoms with Gasteiger partial charge in [-0.2, -0.15) is 0 Å². The van der Waals surface area contributed by atoms with Crippen LogP contribution in [-0.2, 0) is 9.84 Å². The van der Waals surface area contributed by atoms with Crippen LogP contribution in [0.1, 0.15) is 31.2 Å². The molecule has 1 aromatic carbocycles. The van der Waals surface area contributed by atoms with Crippen molar-refractivity contribution in [3.05, 3.63) is 23.8 Å². The van der Waals surface area contributed by atoms with E-state index in [-0.39, 0.29) is 0 Å². The van der Waals surface area contributed by atoms with Crippen molar-refractivity contribution in [2.75, 3.05) is 18.1 Å². The van der Waals surface area contributed by atoms with Crippen molar-refractivity contribution in [3.8, 4) is 0 Å². The first-order valence-corrected chi connectivity index (χ1v) is 9.08. The molecule has 5 heteroatoms. The van der Waals surface area contributed by atoms with Crippen LogP contribution in [0.25, 0.3) is 0 Å². The second-order valence-electron chi connectivity index (χ2n) is 5.78. The lowest BCUT2D eigenvalue weighted by Gasteiger charge is -2.32. The number of nitrogens with one attached hydrogen (secondary N) is 1. The topological polar surface area (TPSA) is 72.2 Å². The van der Waals surface area contributed by atoms with E-state index in [1.807, 2.05) is 13.0 Å². The number of aryl methyl sites for hydroxylation is 1. The molecule has 0 bridgehead atoms. The van der Waals surface area contributed by atoms with Gasteiger partial charge in [0, 0.05) is 18.0 Å². The van der Waals surface area contributed by atoms with Crippen LogP contribution in [0.2, 0.25) is 0 Å². The van der Waals surface area contributed by atoms with Gasteiger partial charge in [-0.1, -0.05) is 18.9 Å². The molecule has 2 atom stereocenters. The first kappa shape index (κ1) is 15.3. The zero-order chi connectivity index (χ0) is 14.8. The third kappa shape index (κ3) is 3.52. The fourth-order valence-corrected chi connectivity index (χ4v) is 3.51. The molecule has 0 radical (unpaired) electrons. The Morgan fingerprint density at radius 3 is 2.65 bits per heavy atom. The fraction of sp³-hybridized carbons (Fsp3) is 0.600. The molecule has 1 aliphatic carbocycles. The van der Waals surface area contributed by atoms with Gasteiger partial charge in [-0.25, -0.2) is 8.42 Å². The van der Waals surface area contributed by atoms with Gasteiger partial charge in [0.15, 0.2) is 9.84 Å². The van der Waals surface area contributed by atoms with Crippen molar-refractivity contribution in [1.29, 1.82) is 0 Å². The van der Waals surface area contributed by atoms with Crippen molar-refractivity contribution in [1.82, 2.24) is 0 Å². The minimum atomic E-state index is -3.17. The highest BCUT2D eigenvalue weighted by Crippen LogP contribution is 2.28. The van der Waals surface area contributed by atoms with Crippen LogP contribution >= 0.6 is 0 Å². The van der Waals surface area contributed by atoms with Gasteiger partial charge in [0.05, 0.1) is 4.90 Å². The summed E-state index contributed by atoms with van der Waals surface area (Å²) in [7, 11) is -3.17. The molecule has 0 saturated heterocycles. The highest BCUT2D eigenvalue weighted by molar-refractivity contribution is 7.90. The Balaban J connectivity index is 2.24. The van der Waals surface area contributed by atoms with Gasteiger partial charge in [-0.3, -0.25) is 0 Å². The van der Waals surface area contributed by atoms with Gasteiger partial charge in [0.2, 0.25) is 0 Å². The number of anilines is 1. The molecule has 0 amide bonds. The molecule has 1 saturated carbocycles. The van der Waals surface area contributed by atoms with Crippen LogP contribution < -0.4 is 11.1 Å². The Hall–Kier alpha value is -1.07. The number of benzene rings is 1. The quantitative estimate of drug-likeness (QED) is 0.894. The van der Waals surface area contributed by atoms with Gasteiger partial charge >= 0.3 is 0 Å². The molecule has 0 spiro atoms. The molecule has 1 aromatic rings. The Morgan fingerprint density at radius 1 is 1.30 bits per heavy atom. The van der Waals surface area contributed by atoms with Crippen LogP contribution in [0, 0.1) is 12.8 Å². The van der Waals surface area contributed by atoms with Gasteiger partial charge in [-0.05, 0) is 49.9 Å². The molecular formula is C15H24N2O2S. The molecule has 3 N–H and O–H groups in total. The van der Waals surface area contributed by atoms with E-state index in [0.717, 1.165) is 24.1 Å². The molecule has 1 fully saturated rings. The van der Waals surface area contributed by atoms with E-state index in [1.165, 1.54) is 19.1 Å². The van der Waals surface area contributed by atoms with Gasteiger partial charge in [-0.15, -0.1) is 0 Å². The molecule has 1 aliphatic rings. The summed E-state index contributed by atoms with van der Waals surface area (Å²) in [5, 5.41) is 3.52. The standard InChI is InChI=1S/C15H24N2O2S/c1-11-7-8-13(20(2,18)19)9-15(11)17-14-6-4-3-5-12(14)10-16/h7-9,12,14,17H,3-6,10,16H2,1-2H3. The Bertz CT molecular complexity index is 569. The number of hydrogen-bond donors (Lipinski definition) is 2. The molecule has 2 rings (SSSR count). The summed E-state index contributed by atoms with van der Waals surface area (Å²) in [4.78, 5) is 0.366. The lowest BCUT2D eigenvalue weighted by molar-refractivity contribution is 0.332. The predicted octanol–water partition coefficient (Wildman–Crippen LogP) is 2.33. The van der Waals surface area contributed by atoms with Gasteiger partial charge in [0.1, 0.15) is 0 Å². The van der Waals surface area contributed by atoms with E-state index in [9.17, 15) is 8.42 Å². The van der Waals surface area contributed by atoms with Crippen molar-refractivity contribution in [3.63, 3.8) is 0 Å².